The molecule has 0 unspecified atom stereocenters. The number of rotatable bonds is 5. The van der Waals surface area contributed by atoms with E-state index in [2.05, 4.69) is 5.32 Å². The minimum Gasteiger partial charge on any atom is -0.496 e. The van der Waals surface area contributed by atoms with Crippen molar-refractivity contribution in [3.8, 4) is 17.2 Å². The van der Waals surface area contributed by atoms with E-state index in [0.717, 1.165) is 39.5 Å². The van der Waals surface area contributed by atoms with Gasteiger partial charge in [-0.05, 0) is 37.1 Å². The molecule has 1 heterocycles. The molecule has 0 atom stereocenters. The van der Waals surface area contributed by atoms with Gasteiger partial charge in [-0.15, -0.1) is 0 Å². The molecular formula is C19H21NO4. The first-order valence-corrected chi connectivity index (χ1v) is 7.86. The third kappa shape index (κ3) is 3.45. The highest BCUT2D eigenvalue weighted by atomic mass is 16.7. The van der Waals surface area contributed by atoms with Crippen LogP contribution in [-0.2, 0) is 17.8 Å². The standard InChI is InChI=1S/C19H21NO4/c1-12-6-13(2)19(22-3)15(7-12)9-18(21)20-10-14-4-5-16-17(8-14)24-11-23-16/h4-8H,9-11H2,1-3H3,(H,20,21). The number of ether oxygens (including phenoxy) is 3. The molecule has 0 radical (unpaired) electrons. The lowest BCUT2D eigenvalue weighted by Crippen LogP contribution is -2.24. The molecular weight excluding hydrogens is 306 g/mol. The number of aryl methyl sites for hydroxylation is 2. The van der Waals surface area contributed by atoms with E-state index >= 15 is 0 Å². The van der Waals surface area contributed by atoms with E-state index in [1.807, 2.05) is 44.2 Å². The van der Waals surface area contributed by atoms with E-state index in [-0.39, 0.29) is 19.1 Å². The highest BCUT2D eigenvalue weighted by molar-refractivity contribution is 5.79. The summed E-state index contributed by atoms with van der Waals surface area (Å²) in [6.07, 6.45) is 0.288. The number of carbonyl (C=O) groups is 1. The minimum atomic E-state index is -0.0454. The number of amides is 1. The Labute approximate surface area is 141 Å². The molecule has 2 aromatic rings. The number of benzene rings is 2. The summed E-state index contributed by atoms with van der Waals surface area (Å²) >= 11 is 0. The maximum absolute atomic E-state index is 12.3. The molecule has 0 aromatic heterocycles. The van der Waals surface area contributed by atoms with Crippen LogP contribution in [0.1, 0.15) is 22.3 Å². The van der Waals surface area contributed by atoms with E-state index < -0.39 is 0 Å². The predicted octanol–water partition coefficient (Wildman–Crippen LogP) is 2.90. The van der Waals surface area contributed by atoms with Crippen molar-refractivity contribution in [2.24, 2.45) is 0 Å². The van der Waals surface area contributed by atoms with Crippen molar-refractivity contribution in [1.29, 1.82) is 0 Å². The fourth-order valence-electron chi connectivity index (χ4n) is 2.95. The molecule has 24 heavy (non-hydrogen) atoms. The number of hydrogen-bond acceptors (Lipinski definition) is 4. The Kier molecular flexibility index (Phi) is 4.60. The van der Waals surface area contributed by atoms with Gasteiger partial charge >= 0.3 is 0 Å². The van der Waals surface area contributed by atoms with Crippen LogP contribution in [0.5, 0.6) is 17.2 Å². The largest absolute Gasteiger partial charge is 0.496 e. The molecule has 0 bridgehead atoms. The van der Waals surface area contributed by atoms with E-state index in [4.69, 9.17) is 14.2 Å². The zero-order valence-corrected chi connectivity index (χ0v) is 14.1. The lowest BCUT2D eigenvalue weighted by molar-refractivity contribution is -0.120. The fourth-order valence-corrected chi connectivity index (χ4v) is 2.95. The highest BCUT2D eigenvalue weighted by Crippen LogP contribution is 2.32. The average molecular weight is 327 g/mol. The SMILES string of the molecule is COc1c(C)cc(C)cc1CC(=O)NCc1ccc2c(c1)OCO2. The zero-order valence-electron chi connectivity index (χ0n) is 14.1. The predicted molar refractivity (Wildman–Crippen MR) is 90.6 cm³/mol. The summed E-state index contributed by atoms with van der Waals surface area (Å²) in [6, 6.07) is 9.71. The average Bonchev–Trinajstić information content (AvgIpc) is 3.00. The smallest absolute Gasteiger partial charge is 0.231 e. The molecule has 5 heteroatoms. The Hall–Kier alpha value is -2.69. The Morgan fingerprint density at radius 1 is 1.17 bits per heavy atom. The summed E-state index contributed by atoms with van der Waals surface area (Å²) in [6.45, 7) is 4.69. The van der Waals surface area contributed by atoms with Gasteiger partial charge in [0.1, 0.15) is 5.75 Å². The Balaban J connectivity index is 1.64. The van der Waals surface area contributed by atoms with Gasteiger partial charge in [-0.25, -0.2) is 0 Å². The van der Waals surface area contributed by atoms with Crippen molar-refractivity contribution >= 4 is 5.91 Å². The van der Waals surface area contributed by atoms with Crippen molar-refractivity contribution in [1.82, 2.24) is 5.32 Å². The summed E-state index contributed by atoms with van der Waals surface area (Å²) in [5.41, 5.74) is 4.03. The van der Waals surface area contributed by atoms with Crippen molar-refractivity contribution < 1.29 is 19.0 Å². The monoisotopic (exact) mass is 327 g/mol. The highest BCUT2D eigenvalue weighted by Gasteiger charge is 2.14. The van der Waals surface area contributed by atoms with Crippen molar-refractivity contribution in [2.45, 2.75) is 26.8 Å². The molecule has 3 rings (SSSR count). The molecule has 0 saturated heterocycles. The summed E-state index contributed by atoms with van der Waals surface area (Å²) in [5.74, 6) is 2.19. The zero-order chi connectivity index (χ0) is 17.1. The lowest BCUT2D eigenvalue weighted by Gasteiger charge is -2.13. The van der Waals surface area contributed by atoms with E-state index in [0.29, 0.717) is 6.54 Å². The van der Waals surface area contributed by atoms with Gasteiger partial charge in [-0.3, -0.25) is 4.79 Å². The second-order valence-corrected chi connectivity index (χ2v) is 5.92. The maximum Gasteiger partial charge on any atom is 0.231 e. The lowest BCUT2D eigenvalue weighted by atomic mass is 10.0. The van der Waals surface area contributed by atoms with Crippen LogP contribution in [0.4, 0.5) is 0 Å². The van der Waals surface area contributed by atoms with Gasteiger partial charge in [-0.1, -0.05) is 23.8 Å². The van der Waals surface area contributed by atoms with Gasteiger partial charge < -0.3 is 19.5 Å². The van der Waals surface area contributed by atoms with E-state index in [9.17, 15) is 4.79 Å². The molecule has 5 nitrogen and oxygen atoms in total. The second-order valence-electron chi connectivity index (χ2n) is 5.92. The Bertz CT molecular complexity index is 770. The number of hydrogen-bond donors (Lipinski definition) is 1. The molecule has 0 fully saturated rings. The number of fused-ring (bicyclic) bond motifs is 1. The van der Waals surface area contributed by atoms with Crippen LogP contribution in [0, 0.1) is 13.8 Å². The first-order valence-electron chi connectivity index (χ1n) is 7.86. The Morgan fingerprint density at radius 3 is 2.75 bits per heavy atom. The number of carbonyl (C=O) groups excluding carboxylic acids is 1. The van der Waals surface area contributed by atoms with Crippen molar-refractivity contribution in [2.75, 3.05) is 13.9 Å². The molecule has 2 aromatic carbocycles. The fraction of sp³-hybridized carbons (Fsp3) is 0.316. The van der Waals surface area contributed by atoms with Crippen LogP contribution in [0.15, 0.2) is 30.3 Å². The molecule has 1 amide bonds. The van der Waals surface area contributed by atoms with Gasteiger partial charge in [0, 0.05) is 12.1 Å². The van der Waals surface area contributed by atoms with Gasteiger partial charge in [0.2, 0.25) is 12.7 Å². The van der Waals surface area contributed by atoms with Crippen molar-refractivity contribution in [3.05, 3.63) is 52.6 Å². The molecule has 1 N–H and O–H groups in total. The van der Waals surface area contributed by atoms with Crippen LogP contribution in [0.25, 0.3) is 0 Å². The van der Waals surface area contributed by atoms with Gasteiger partial charge in [-0.2, -0.15) is 0 Å². The van der Waals surface area contributed by atoms with Crippen LogP contribution in [-0.4, -0.2) is 19.8 Å². The summed E-state index contributed by atoms with van der Waals surface area (Å²) < 4.78 is 16.1. The topological polar surface area (TPSA) is 56.8 Å². The maximum atomic E-state index is 12.3. The number of methoxy groups -OCH3 is 1. The van der Waals surface area contributed by atoms with Crippen LogP contribution in [0.3, 0.4) is 0 Å². The van der Waals surface area contributed by atoms with E-state index in [1.165, 1.54) is 0 Å². The first-order chi connectivity index (χ1) is 11.6. The summed E-state index contributed by atoms with van der Waals surface area (Å²) in [7, 11) is 1.63. The second kappa shape index (κ2) is 6.83. The van der Waals surface area contributed by atoms with Crippen molar-refractivity contribution in [3.63, 3.8) is 0 Å². The quantitative estimate of drug-likeness (QED) is 0.917. The van der Waals surface area contributed by atoms with Crippen LogP contribution < -0.4 is 19.5 Å². The molecule has 1 aliphatic rings. The summed E-state index contributed by atoms with van der Waals surface area (Å²) in [4.78, 5) is 12.3. The Morgan fingerprint density at radius 2 is 1.96 bits per heavy atom. The molecule has 0 saturated carbocycles. The van der Waals surface area contributed by atoms with Crippen LogP contribution >= 0.6 is 0 Å². The first kappa shape index (κ1) is 16.2. The third-order valence-corrected chi connectivity index (χ3v) is 3.98. The van der Waals surface area contributed by atoms with Gasteiger partial charge in [0.15, 0.2) is 11.5 Å². The van der Waals surface area contributed by atoms with E-state index in [1.54, 1.807) is 7.11 Å². The molecule has 0 aliphatic carbocycles. The molecule has 0 spiro atoms. The third-order valence-electron chi connectivity index (χ3n) is 3.98. The number of nitrogens with one attached hydrogen (secondary N) is 1. The summed E-state index contributed by atoms with van der Waals surface area (Å²) in [5, 5.41) is 2.94. The normalized spacial score (nSPS) is 12.1. The van der Waals surface area contributed by atoms with Gasteiger partial charge in [0.05, 0.1) is 13.5 Å². The molecule has 1 aliphatic heterocycles. The molecule has 126 valence electrons. The minimum absolute atomic E-state index is 0.0454. The van der Waals surface area contributed by atoms with Crippen LogP contribution in [0.2, 0.25) is 0 Å². The van der Waals surface area contributed by atoms with Gasteiger partial charge in [0.25, 0.3) is 0 Å².